The number of rotatable bonds is 3. The van der Waals surface area contributed by atoms with E-state index in [1.807, 2.05) is 25.1 Å². The van der Waals surface area contributed by atoms with Crippen molar-refractivity contribution in [1.82, 2.24) is 4.98 Å². The van der Waals surface area contributed by atoms with Gasteiger partial charge < -0.3 is 10.0 Å². The predicted molar refractivity (Wildman–Crippen MR) is 49.9 cm³/mol. The minimum Gasteiger partial charge on any atom is -0.481 e. The standard InChI is InChI=1S/C9H12N2O2/c1-11(2)8-4-3-5-10-7(8)6-9(12)13/h3-5H,6H2,1-2H3,(H,12,13). The van der Waals surface area contributed by atoms with Gasteiger partial charge in [-0.15, -0.1) is 0 Å². The Morgan fingerprint density at radius 2 is 2.31 bits per heavy atom. The first kappa shape index (κ1) is 9.51. The normalized spacial score (nSPS) is 9.69. The molecule has 0 aliphatic heterocycles. The van der Waals surface area contributed by atoms with Crippen LogP contribution >= 0.6 is 0 Å². The Hall–Kier alpha value is -1.58. The molecule has 0 aromatic carbocycles. The maximum atomic E-state index is 10.5. The maximum absolute atomic E-state index is 10.5. The molecule has 4 nitrogen and oxygen atoms in total. The topological polar surface area (TPSA) is 53.4 Å². The average molecular weight is 180 g/mol. The highest BCUT2D eigenvalue weighted by Crippen LogP contribution is 2.15. The van der Waals surface area contributed by atoms with Gasteiger partial charge in [-0.25, -0.2) is 0 Å². The van der Waals surface area contributed by atoms with E-state index in [1.165, 1.54) is 0 Å². The molecule has 0 saturated heterocycles. The molecule has 0 fully saturated rings. The van der Waals surface area contributed by atoms with Gasteiger partial charge in [0, 0.05) is 20.3 Å². The van der Waals surface area contributed by atoms with Crippen LogP contribution in [-0.4, -0.2) is 30.2 Å². The van der Waals surface area contributed by atoms with Gasteiger partial charge in [-0.2, -0.15) is 0 Å². The maximum Gasteiger partial charge on any atom is 0.309 e. The summed E-state index contributed by atoms with van der Waals surface area (Å²) >= 11 is 0. The largest absolute Gasteiger partial charge is 0.481 e. The molecule has 1 N–H and O–H groups in total. The third-order valence-electron chi connectivity index (χ3n) is 1.67. The molecule has 0 atom stereocenters. The molecule has 1 heterocycles. The van der Waals surface area contributed by atoms with E-state index in [1.54, 1.807) is 12.3 Å². The van der Waals surface area contributed by atoms with Crippen LogP contribution in [0.25, 0.3) is 0 Å². The molecule has 1 aromatic heterocycles. The zero-order valence-corrected chi connectivity index (χ0v) is 7.69. The molecule has 0 aliphatic rings. The minimum absolute atomic E-state index is 0.0334. The third kappa shape index (κ3) is 2.43. The molecule has 13 heavy (non-hydrogen) atoms. The van der Waals surface area contributed by atoms with Crippen LogP contribution in [0, 0.1) is 0 Å². The van der Waals surface area contributed by atoms with E-state index >= 15 is 0 Å². The van der Waals surface area contributed by atoms with Crippen LogP contribution in [0.3, 0.4) is 0 Å². The fraction of sp³-hybridized carbons (Fsp3) is 0.333. The number of hydrogen-bond acceptors (Lipinski definition) is 3. The summed E-state index contributed by atoms with van der Waals surface area (Å²) in [6.07, 6.45) is 1.57. The summed E-state index contributed by atoms with van der Waals surface area (Å²) in [6, 6.07) is 3.64. The molecule has 0 spiro atoms. The Morgan fingerprint density at radius 3 is 2.85 bits per heavy atom. The summed E-state index contributed by atoms with van der Waals surface area (Å²) in [4.78, 5) is 16.4. The van der Waals surface area contributed by atoms with Gasteiger partial charge in [-0.05, 0) is 12.1 Å². The molecule has 1 rings (SSSR count). The molecule has 0 radical (unpaired) electrons. The van der Waals surface area contributed by atoms with E-state index in [-0.39, 0.29) is 6.42 Å². The number of pyridine rings is 1. The molecule has 0 amide bonds. The molecule has 0 unspecified atom stereocenters. The quantitative estimate of drug-likeness (QED) is 0.746. The molecular weight excluding hydrogens is 168 g/mol. The number of aliphatic carboxylic acids is 1. The van der Waals surface area contributed by atoms with E-state index in [0.29, 0.717) is 5.69 Å². The SMILES string of the molecule is CN(C)c1cccnc1CC(=O)O. The second kappa shape index (κ2) is 3.89. The zero-order valence-electron chi connectivity index (χ0n) is 7.69. The van der Waals surface area contributed by atoms with Crippen molar-refractivity contribution in [2.24, 2.45) is 0 Å². The van der Waals surface area contributed by atoms with Crippen LogP contribution in [0.2, 0.25) is 0 Å². The van der Waals surface area contributed by atoms with E-state index in [2.05, 4.69) is 4.98 Å². The van der Waals surface area contributed by atoms with Crippen molar-refractivity contribution in [2.45, 2.75) is 6.42 Å². The van der Waals surface area contributed by atoms with Crippen molar-refractivity contribution in [2.75, 3.05) is 19.0 Å². The van der Waals surface area contributed by atoms with Gasteiger partial charge in [0.25, 0.3) is 0 Å². The highest BCUT2D eigenvalue weighted by Gasteiger charge is 2.08. The van der Waals surface area contributed by atoms with Crippen molar-refractivity contribution < 1.29 is 9.90 Å². The zero-order chi connectivity index (χ0) is 9.84. The lowest BCUT2D eigenvalue weighted by molar-refractivity contribution is -0.136. The van der Waals surface area contributed by atoms with Crippen molar-refractivity contribution in [3.8, 4) is 0 Å². The number of nitrogens with zero attached hydrogens (tertiary/aromatic N) is 2. The van der Waals surface area contributed by atoms with Gasteiger partial charge in [-0.1, -0.05) is 0 Å². The number of aromatic nitrogens is 1. The summed E-state index contributed by atoms with van der Waals surface area (Å²) < 4.78 is 0. The summed E-state index contributed by atoms with van der Waals surface area (Å²) in [6.45, 7) is 0. The minimum atomic E-state index is -0.859. The van der Waals surface area contributed by atoms with Crippen molar-refractivity contribution in [3.63, 3.8) is 0 Å². The summed E-state index contributed by atoms with van der Waals surface area (Å²) in [5.41, 5.74) is 1.45. The van der Waals surface area contributed by atoms with Crippen LogP contribution in [0.15, 0.2) is 18.3 Å². The lowest BCUT2D eigenvalue weighted by Gasteiger charge is -2.14. The predicted octanol–water partition coefficient (Wildman–Crippen LogP) is 0.775. The van der Waals surface area contributed by atoms with Crippen molar-refractivity contribution >= 4 is 11.7 Å². The Morgan fingerprint density at radius 1 is 1.62 bits per heavy atom. The fourth-order valence-electron chi connectivity index (χ4n) is 1.12. The molecule has 0 bridgehead atoms. The van der Waals surface area contributed by atoms with Gasteiger partial charge >= 0.3 is 5.97 Å². The Balaban J connectivity index is 2.97. The molecule has 70 valence electrons. The highest BCUT2D eigenvalue weighted by atomic mass is 16.4. The molecule has 0 aliphatic carbocycles. The van der Waals surface area contributed by atoms with Gasteiger partial charge in [0.15, 0.2) is 0 Å². The van der Waals surface area contributed by atoms with Crippen LogP contribution < -0.4 is 4.90 Å². The summed E-state index contributed by atoms with van der Waals surface area (Å²) in [7, 11) is 3.73. The monoisotopic (exact) mass is 180 g/mol. The van der Waals surface area contributed by atoms with E-state index < -0.39 is 5.97 Å². The lowest BCUT2D eigenvalue weighted by Crippen LogP contribution is -2.14. The van der Waals surface area contributed by atoms with Crippen LogP contribution in [0.1, 0.15) is 5.69 Å². The van der Waals surface area contributed by atoms with Crippen molar-refractivity contribution in [3.05, 3.63) is 24.0 Å². The molecule has 4 heteroatoms. The fourth-order valence-corrected chi connectivity index (χ4v) is 1.12. The Bertz CT molecular complexity index is 310. The lowest BCUT2D eigenvalue weighted by atomic mass is 10.2. The number of hydrogen-bond donors (Lipinski definition) is 1. The Labute approximate surface area is 76.8 Å². The van der Waals surface area contributed by atoms with E-state index in [4.69, 9.17) is 5.11 Å². The highest BCUT2D eigenvalue weighted by molar-refractivity contribution is 5.72. The van der Waals surface area contributed by atoms with Gasteiger partial charge in [0.2, 0.25) is 0 Å². The van der Waals surface area contributed by atoms with Crippen LogP contribution in [0.4, 0.5) is 5.69 Å². The van der Waals surface area contributed by atoms with Gasteiger partial charge in [-0.3, -0.25) is 9.78 Å². The molecule has 1 aromatic rings. The van der Waals surface area contributed by atoms with Crippen LogP contribution in [-0.2, 0) is 11.2 Å². The first-order valence-corrected chi connectivity index (χ1v) is 3.94. The Kier molecular flexibility index (Phi) is 2.84. The first-order chi connectivity index (χ1) is 6.11. The van der Waals surface area contributed by atoms with Crippen molar-refractivity contribution in [1.29, 1.82) is 0 Å². The van der Waals surface area contributed by atoms with Crippen LogP contribution in [0.5, 0.6) is 0 Å². The number of carboxylic acids is 1. The summed E-state index contributed by atoms with van der Waals surface area (Å²) in [5.74, 6) is -0.859. The first-order valence-electron chi connectivity index (χ1n) is 3.94. The molecule has 0 saturated carbocycles. The number of carboxylic acid groups (broad SMARTS) is 1. The van der Waals surface area contributed by atoms with E-state index in [0.717, 1.165) is 5.69 Å². The molecular formula is C9H12N2O2. The second-order valence-electron chi connectivity index (χ2n) is 2.93. The average Bonchev–Trinajstić information content (AvgIpc) is 2.03. The summed E-state index contributed by atoms with van der Waals surface area (Å²) in [5, 5.41) is 8.61. The van der Waals surface area contributed by atoms with Gasteiger partial charge in [0.05, 0.1) is 17.8 Å². The third-order valence-corrected chi connectivity index (χ3v) is 1.67. The number of carbonyl (C=O) groups is 1. The second-order valence-corrected chi connectivity index (χ2v) is 2.93. The van der Waals surface area contributed by atoms with Gasteiger partial charge in [0.1, 0.15) is 0 Å². The number of anilines is 1. The van der Waals surface area contributed by atoms with E-state index in [9.17, 15) is 4.79 Å². The smallest absolute Gasteiger partial charge is 0.309 e.